The third-order valence-corrected chi connectivity index (χ3v) is 2.93. The molecule has 2 aromatic heterocycles. The summed E-state index contributed by atoms with van der Waals surface area (Å²) in [5.74, 6) is 0.882. The number of nitrogens with one attached hydrogen (secondary N) is 1. The summed E-state index contributed by atoms with van der Waals surface area (Å²) in [6, 6.07) is 8.21. The molecule has 0 atom stereocenters. The number of benzene rings is 1. The van der Waals surface area contributed by atoms with Crippen LogP contribution in [0.2, 0.25) is 0 Å². The first-order valence-corrected chi connectivity index (χ1v) is 5.56. The number of nitrogens with zero attached hydrogens (tertiary/aromatic N) is 2. The summed E-state index contributed by atoms with van der Waals surface area (Å²) in [7, 11) is 0. The van der Waals surface area contributed by atoms with Crippen LogP contribution in [0, 0.1) is 6.92 Å². The summed E-state index contributed by atoms with van der Waals surface area (Å²) >= 11 is 0. The van der Waals surface area contributed by atoms with Gasteiger partial charge >= 0.3 is 0 Å². The Morgan fingerprint density at radius 2 is 2.18 bits per heavy atom. The molecule has 0 amide bonds. The summed E-state index contributed by atoms with van der Waals surface area (Å²) in [6.45, 7) is 5.74. The number of rotatable bonds is 2. The number of allylic oxidation sites excluding steroid dienone is 2. The number of fused-ring (bicyclic) bond motifs is 3. The van der Waals surface area contributed by atoms with Crippen molar-refractivity contribution in [1.29, 1.82) is 0 Å². The topological polar surface area (TPSA) is 33.1 Å². The molecule has 0 aliphatic rings. The highest BCUT2D eigenvalue weighted by atomic mass is 15.1. The average molecular weight is 223 g/mol. The molecule has 3 rings (SSSR count). The molecular formula is C14H13N3. The Labute approximate surface area is 99.1 Å². The zero-order valence-corrected chi connectivity index (χ0v) is 9.64. The average Bonchev–Trinajstić information content (AvgIpc) is 2.84. The molecule has 3 heteroatoms. The summed E-state index contributed by atoms with van der Waals surface area (Å²) in [4.78, 5) is 7.87. The SMILES string of the molecule is C=C/C=C\c1nc2[nH]c3ccccc3n2c1C. The van der Waals surface area contributed by atoms with Gasteiger partial charge in [0.15, 0.2) is 0 Å². The summed E-state index contributed by atoms with van der Waals surface area (Å²) in [5, 5.41) is 0. The second-order valence-electron chi connectivity index (χ2n) is 3.98. The van der Waals surface area contributed by atoms with Crippen LogP contribution in [0.25, 0.3) is 22.9 Å². The molecule has 0 unspecified atom stereocenters. The van der Waals surface area contributed by atoms with E-state index < -0.39 is 0 Å². The van der Waals surface area contributed by atoms with Gasteiger partial charge in [-0.25, -0.2) is 4.98 Å². The highest BCUT2D eigenvalue weighted by Crippen LogP contribution is 2.20. The molecule has 1 N–H and O–H groups in total. The molecule has 3 aromatic rings. The summed E-state index contributed by atoms with van der Waals surface area (Å²) < 4.78 is 2.14. The number of aromatic nitrogens is 3. The first-order chi connectivity index (χ1) is 8.31. The van der Waals surface area contributed by atoms with Crippen LogP contribution in [-0.2, 0) is 0 Å². The summed E-state index contributed by atoms with van der Waals surface area (Å²) in [6.07, 6.45) is 5.63. The van der Waals surface area contributed by atoms with Crippen LogP contribution in [0.1, 0.15) is 11.4 Å². The van der Waals surface area contributed by atoms with Crippen LogP contribution < -0.4 is 0 Å². The number of aromatic amines is 1. The van der Waals surface area contributed by atoms with E-state index in [9.17, 15) is 0 Å². The van der Waals surface area contributed by atoms with Crippen LogP contribution in [-0.4, -0.2) is 14.4 Å². The van der Waals surface area contributed by atoms with Gasteiger partial charge in [0.05, 0.1) is 16.7 Å². The highest BCUT2D eigenvalue weighted by molar-refractivity contribution is 5.80. The Morgan fingerprint density at radius 3 is 3.00 bits per heavy atom. The van der Waals surface area contributed by atoms with Crippen molar-refractivity contribution in [2.45, 2.75) is 6.92 Å². The maximum absolute atomic E-state index is 4.56. The van der Waals surface area contributed by atoms with Crippen LogP contribution in [0.5, 0.6) is 0 Å². The van der Waals surface area contributed by atoms with Crippen molar-refractivity contribution >= 4 is 22.9 Å². The number of H-pyrrole nitrogens is 1. The molecule has 0 aliphatic carbocycles. The minimum Gasteiger partial charge on any atom is -0.323 e. The first kappa shape index (κ1) is 9.90. The van der Waals surface area contributed by atoms with Crippen molar-refractivity contribution in [1.82, 2.24) is 14.4 Å². The fourth-order valence-electron chi connectivity index (χ4n) is 2.11. The number of aryl methyl sites for hydroxylation is 1. The van der Waals surface area contributed by atoms with E-state index >= 15 is 0 Å². The van der Waals surface area contributed by atoms with Crippen molar-refractivity contribution in [3.8, 4) is 0 Å². The molecule has 1 aromatic carbocycles. The number of imidazole rings is 2. The molecule has 84 valence electrons. The van der Waals surface area contributed by atoms with Crippen molar-refractivity contribution in [3.05, 3.63) is 54.4 Å². The highest BCUT2D eigenvalue weighted by Gasteiger charge is 2.10. The third kappa shape index (κ3) is 1.40. The van der Waals surface area contributed by atoms with E-state index in [1.54, 1.807) is 6.08 Å². The largest absolute Gasteiger partial charge is 0.323 e. The van der Waals surface area contributed by atoms with Gasteiger partial charge in [-0.3, -0.25) is 4.40 Å². The first-order valence-electron chi connectivity index (χ1n) is 5.56. The molecule has 0 saturated carbocycles. The van der Waals surface area contributed by atoms with Crippen molar-refractivity contribution in [2.24, 2.45) is 0 Å². The number of para-hydroxylation sites is 2. The van der Waals surface area contributed by atoms with E-state index in [-0.39, 0.29) is 0 Å². The van der Waals surface area contributed by atoms with Gasteiger partial charge in [0.2, 0.25) is 5.78 Å². The molecule has 2 heterocycles. The van der Waals surface area contributed by atoms with Crippen molar-refractivity contribution < 1.29 is 0 Å². The van der Waals surface area contributed by atoms with Gasteiger partial charge in [0.1, 0.15) is 0 Å². The van der Waals surface area contributed by atoms with Crippen molar-refractivity contribution in [3.63, 3.8) is 0 Å². The van der Waals surface area contributed by atoms with Crippen LogP contribution in [0.15, 0.2) is 43.0 Å². The predicted molar refractivity (Wildman–Crippen MR) is 71.0 cm³/mol. The molecule has 17 heavy (non-hydrogen) atoms. The molecule has 0 aliphatic heterocycles. The minimum absolute atomic E-state index is 0.882. The zero-order valence-electron chi connectivity index (χ0n) is 9.64. The maximum atomic E-state index is 4.56. The van der Waals surface area contributed by atoms with Crippen LogP contribution in [0.3, 0.4) is 0 Å². The molecular weight excluding hydrogens is 210 g/mol. The predicted octanol–water partition coefficient (Wildman–Crippen LogP) is 3.32. The third-order valence-electron chi connectivity index (χ3n) is 2.93. The molecule has 0 saturated heterocycles. The second-order valence-corrected chi connectivity index (χ2v) is 3.98. The number of hydrogen-bond acceptors (Lipinski definition) is 1. The lowest BCUT2D eigenvalue weighted by Crippen LogP contribution is -1.84. The van der Waals surface area contributed by atoms with Crippen molar-refractivity contribution in [2.75, 3.05) is 0 Å². The molecule has 0 bridgehead atoms. The molecule has 0 spiro atoms. The van der Waals surface area contributed by atoms with Gasteiger partial charge in [-0.05, 0) is 25.1 Å². The molecule has 3 nitrogen and oxygen atoms in total. The second kappa shape index (κ2) is 3.63. The Morgan fingerprint density at radius 1 is 1.35 bits per heavy atom. The molecule has 0 radical (unpaired) electrons. The fraction of sp³-hybridized carbons (Fsp3) is 0.0714. The monoisotopic (exact) mass is 223 g/mol. The smallest absolute Gasteiger partial charge is 0.212 e. The number of hydrogen-bond donors (Lipinski definition) is 1. The lowest BCUT2D eigenvalue weighted by atomic mass is 10.3. The van der Waals surface area contributed by atoms with E-state index in [1.165, 1.54) is 0 Å². The Balaban J connectivity index is 2.35. The minimum atomic E-state index is 0.882. The Bertz CT molecular complexity index is 728. The van der Waals surface area contributed by atoms with Gasteiger partial charge < -0.3 is 4.98 Å². The molecule has 0 fully saturated rings. The lowest BCUT2D eigenvalue weighted by Gasteiger charge is -1.94. The van der Waals surface area contributed by atoms with E-state index in [2.05, 4.69) is 40.0 Å². The van der Waals surface area contributed by atoms with E-state index in [4.69, 9.17) is 0 Å². The summed E-state index contributed by atoms with van der Waals surface area (Å²) in [5.41, 5.74) is 4.38. The van der Waals surface area contributed by atoms with E-state index in [0.717, 1.165) is 28.2 Å². The quantitative estimate of drug-likeness (QED) is 0.664. The normalized spacial score (nSPS) is 11.8. The van der Waals surface area contributed by atoms with Gasteiger partial charge in [0, 0.05) is 5.69 Å². The van der Waals surface area contributed by atoms with Gasteiger partial charge in [-0.1, -0.05) is 30.9 Å². The zero-order chi connectivity index (χ0) is 11.8. The van der Waals surface area contributed by atoms with E-state index in [1.807, 2.05) is 24.3 Å². The Kier molecular flexibility index (Phi) is 2.11. The standard InChI is InChI=1S/C14H13N3/c1-3-4-7-11-10(2)17-13-9-6-5-8-12(13)16-14(17)15-11/h3-9H,1H2,2H3,(H,15,16)/b7-4-. The van der Waals surface area contributed by atoms with Gasteiger partial charge in [-0.15, -0.1) is 0 Å². The maximum Gasteiger partial charge on any atom is 0.212 e. The van der Waals surface area contributed by atoms with Gasteiger partial charge in [-0.2, -0.15) is 0 Å². The Hall–Kier alpha value is -2.29. The van der Waals surface area contributed by atoms with E-state index in [0.29, 0.717) is 0 Å². The van der Waals surface area contributed by atoms with Crippen LogP contribution in [0.4, 0.5) is 0 Å². The van der Waals surface area contributed by atoms with Gasteiger partial charge in [0.25, 0.3) is 0 Å². The van der Waals surface area contributed by atoms with Crippen LogP contribution >= 0.6 is 0 Å². The lowest BCUT2D eigenvalue weighted by molar-refractivity contribution is 1.16. The fourth-order valence-corrected chi connectivity index (χ4v) is 2.11.